The normalized spacial score (nSPS) is 26.4. The molecule has 0 saturated carbocycles. The Balaban J connectivity index is 2.84. The number of alkyl halides is 3. The summed E-state index contributed by atoms with van der Waals surface area (Å²) in [5.74, 6) is -1.28. The Morgan fingerprint density at radius 2 is 2.06 bits per heavy atom. The zero-order chi connectivity index (χ0) is 12.6. The van der Waals surface area contributed by atoms with Crippen LogP contribution < -0.4 is 5.32 Å². The molecule has 0 aromatic carbocycles. The van der Waals surface area contributed by atoms with E-state index in [0.29, 0.717) is 20.0 Å². The lowest BCUT2D eigenvalue weighted by Gasteiger charge is -2.38. The van der Waals surface area contributed by atoms with Crippen molar-refractivity contribution in [3.05, 3.63) is 0 Å². The lowest BCUT2D eigenvalue weighted by atomic mass is 10.0. The van der Waals surface area contributed by atoms with Crippen LogP contribution in [-0.4, -0.2) is 53.4 Å². The molecule has 0 aliphatic carbocycles. The number of hydrogen-bond acceptors (Lipinski definition) is 3. The van der Waals surface area contributed by atoms with Crippen molar-refractivity contribution in [3.8, 4) is 0 Å². The second-order valence-corrected chi connectivity index (χ2v) is 4.12. The van der Waals surface area contributed by atoms with Crippen LogP contribution in [0.2, 0.25) is 0 Å². The van der Waals surface area contributed by atoms with Crippen LogP contribution in [0.3, 0.4) is 0 Å². The molecule has 1 aliphatic rings. The number of aliphatic hydroxyl groups is 1. The quantitative estimate of drug-likeness (QED) is 0.684. The van der Waals surface area contributed by atoms with Gasteiger partial charge in [-0.1, -0.05) is 0 Å². The van der Waals surface area contributed by atoms with Crippen LogP contribution in [0.5, 0.6) is 0 Å². The predicted molar refractivity (Wildman–Crippen MR) is 50.7 cm³/mol. The van der Waals surface area contributed by atoms with Gasteiger partial charge < -0.3 is 15.3 Å². The van der Waals surface area contributed by atoms with E-state index in [1.54, 1.807) is 6.92 Å². The molecule has 1 rings (SSSR count). The molecule has 0 unspecified atom stereocenters. The van der Waals surface area contributed by atoms with Crippen molar-refractivity contribution in [2.24, 2.45) is 0 Å². The summed E-state index contributed by atoms with van der Waals surface area (Å²) in [6, 6.07) is -0.352. The summed E-state index contributed by atoms with van der Waals surface area (Å²) in [5.41, 5.74) is -3.31. The summed E-state index contributed by atoms with van der Waals surface area (Å²) < 4.78 is 37.4. The van der Waals surface area contributed by atoms with Gasteiger partial charge in [0.05, 0.1) is 0 Å². The van der Waals surface area contributed by atoms with Gasteiger partial charge in [0.15, 0.2) is 0 Å². The molecular formula is C9H15F3N2O2. The van der Waals surface area contributed by atoms with Crippen LogP contribution in [0.15, 0.2) is 0 Å². The highest BCUT2D eigenvalue weighted by Crippen LogP contribution is 2.32. The number of carbonyl (C=O) groups is 1. The van der Waals surface area contributed by atoms with Crippen LogP contribution in [0.1, 0.15) is 13.8 Å². The van der Waals surface area contributed by atoms with Gasteiger partial charge in [0.2, 0.25) is 5.60 Å². The number of hydrogen-bond donors (Lipinski definition) is 2. The molecule has 2 N–H and O–H groups in total. The third kappa shape index (κ3) is 2.30. The molecule has 94 valence electrons. The van der Waals surface area contributed by atoms with Crippen LogP contribution in [0.25, 0.3) is 0 Å². The summed E-state index contributed by atoms with van der Waals surface area (Å²) in [4.78, 5) is 12.7. The van der Waals surface area contributed by atoms with Crippen LogP contribution in [-0.2, 0) is 4.79 Å². The maximum atomic E-state index is 12.5. The number of nitrogens with one attached hydrogen (secondary N) is 1. The molecule has 1 heterocycles. The Morgan fingerprint density at radius 1 is 1.50 bits per heavy atom. The van der Waals surface area contributed by atoms with Crippen molar-refractivity contribution in [1.82, 2.24) is 10.2 Å². The Labute approximate surface area is 91.4 Å². The van der Waals surface area contributed by atoms with Gasteiger partial charge in [-0.15, -0.1) is 0 Å². The first-order valence-corrected chi connectivity index (χ1v) is 4.99. The van der Waals surface area contributed by atoms with Gasteiger partial charge in [0, 0.05) is 25.7 Å². The second-order valence-electron chi connectivity index (χ2n) is 4.12. The Hall–Kier alpha value is -0.820. The highest BCUT2D eigenvalue weighted by atomic mass is 19.4. The summed E-state index contributed by atoms with van der Waals surface area (Å²) in [6.07, 6.45) is -4.95. The van der Waals surface area contributed by atoms with Gasteiger partial charge in [-0.25, -0.2) is 0 Å². The average molecular weight is 240 g/mol. The number of halogens is 3. The molecule has 1 amide bonds. The molecule has 0 aromatic rings. The SMILES string of the molecule is C[C@H]1CNCCN1C(=O)[C@@](C)(O)C(F)(F)F. The zero-order valence-corrected chi connectivity index (χ0v) is 9.14. The van der Waals surface area contributed by atoms with Crippen LogP contribution in [0.4, 0.5) is 13.2 Å². The first-order chi connectivity index (χ1) is 7.18. The first kappa shape index (κ1) is 13.2. The smallest absolute Gasteiger partial charge is 0.373 e. The van der Waals surface area contributed by atoms with Gasteiger partial charge in [0.1, 0.15) is 0 Å². The fourth-order valence-electron chi connectivity index (χ4n) is 1.54. The summed E-state index contributed by atoms with van der Waals surface area (Å²) in [6.45, 7) is 3.16. The standard InChI is InChI=1S/C9H15F3N2O2/c1-6-5-13-3-4-14(6)7(15)8(2,16)9(10,11)12/h6,13,16H,3-5H2,1-2H3/t6-,8+/m0/s1. The average Bonchev–Trinajstić information content (AvgIpc) is 2.15. The van der Waals surface area contributed by atoms with Crippen LogP contribution >= 0.6 is 0 Å². The van der Waals surface area contributed by atoms with Crippen molar-refractivity contribution in [2.75, 3.05) is 19.6 Å². The number of piperazine rings is 1. The third-order valence-electron chi connectivity index (χ3n) is 2.73. The predicted octanol–water partition coefficient (Wildman–Crippen LogP) is 0.120. The lowest BCUT2D eigenvalue weighted by Crippen LogP contribution is -2.62. The number of amides is 1. The van der Waals surface area contributed by atoms with Gasteiger partial charge in [-0.3, -0.25) is 4.79 Å². The van der Waals surface area contributed by atoms with E-state index in [-0.39, 0.29) is 12.6 Å². The molecule has 1 saturated heterocycles. The largest absolute Gasteiger partial charge is 0.426 e. The maximum Gasteiger partial charge on any atom is 0.426 e. The van der Waals surface area contributed by atoms with Gasteiger partial charge >= 0.3 is 6.18 Å². The molecule has 0 radical (unpaired) electrons. The minimum Gasteiger partial charge on any atom is -0.373 e. The van der Waals surface area contributed by atoms with Crippen molar-refractivity contribution in [3.63, 3.8) is 0 Å². The number of carbonyl (C=O) groups excluding carboxylic acids is 1. The molecule has 1 aliphatic heterocycles. The Kier molecular flexibility index (Phi) is 3.49. The van der Waals surface area contributed by atoms with E-state index in [2.05, 4.69) is 5.32 Å². The molecule has 16 heavy (non-hydrogen) atoms. The van der Waals surface area contributed by atoms with E-state index in [1.165, 1.54) is 0 Å². The van der Waals surface area contributed by atoms with Crippen molar-refractivity contribution >= 4 is 5.91 Å². The third-order valence-corrected chi connectivity index (χ3v) is 2.73. The molecule has 0 spiro atoms. The molecular weight excluding hydrogens is 225 g/mol. The molecule has 0 bridgehead atoms. The zero-order valence-electron chi connectivity index (χ0n) is 9.14. The van der Waals surface area contributed by atoms with E-state index >= 15 is 0 Å². The lowest BCUT2D eigenvalue weighted by molar-refractivity contribution is -0.251. The summed E-state index contributed by atoms with van der Waals surface area (Å²) in [5, 5.41) is 12.2. The Bertz CT molecular complexity index is 278. The first-order valence-electron chi connectivity index (χ1n) is 4.99. The molecule has 0 aromatic heterocycles. The monoisotopic (exact) mass is 240 g/mol. The topological polar surface area (TPSA) is 52.6 Å². The minimum atomic E-state index is -4.95. The van der Waals surface area contributed by atoms with E-state index in [9.17, 15) is 23.1 Å². The maximum absolute atomic E-state index is 12.5. The Morgan fingerprint density at radius 3 is 2.50 bits per heavy atom. The van der Waals surface area contributed by atoms with Gasteiger partial charge in [-0.2, -0.15) is 13.2 Å². The van der Waals surface area contributed by atoms with E-state index in [4.69, 9.17) is 0 Å². The van der Waals surface area contributed by atoms with E-state index in [1.807, 2.05) is 0 Å². The van der Waals surface area contributed by atoms with E-state index < -0.39 is 17.7 Å². The molecule has 7 heteroatoms. The number of nitrogens with zero attached hydrogens (tertiary/aromatic N) is 1. The highest BCUT2D eigenvalue weighted by molar-refractivity contribution is 5.85. The summed E-state index contributed by atoms with van der Waals surface area (Å²) in [7, 11) is 0. The number of rotatable bonds is 1. The van der Waals surface area contributed by atoms with Gasteiger partial charge in [0.25, 0.3) is 5.91 Å². The van der Waals surface area contributed by atoms with E-state index in [0.717, 1.165) is 4.90 Å². The van der Waals surface area contributed by atoms with Crippen molar-refractivity contribution in [2.45, 2.75) is 31.7 Å². The van der Waals surface area contributed by atoms with Crippen molar-refractivity contribution in [1.29, 1.82) is 0 Å². The van der Waals surface area contributed by atoms with Crippen molar-refractivity contribution < 1.29 is 23.1 Å². The van der Waals surface area contributed by atoms with Gasteiger partial charge in [-0.05, 0) is 13.8 Å². The van der Waals surface area contributed by atoms with Crippen LogP contribution in [0, 0.1) is 0 Å². The second kappa shape index (κ2) is 4.21. The fraction of sp³-hybridized carbons (Fsp3) is 0.889. The highest BCUT2D eigenvalue weighted by Gasteiger charge is 2.57. The molecule has 1 fully saturated rings. The fourth-order valence-corrected chi connectivity index (χ4v) is 1.54. The summed E-state index contributed by atoms with van der Waals surface area (Å²) >= 11 is 0. The molecule has 2 atom stereocenters. The minimum absolute atomic E-state index is 0.173. The molecule has 4 nitrogen and oxygen atoms in total.